The number of benzene rings is 2. The van der Waals surface area contributed by atoms with Crippen LogP contribution < -0.4 is 5.32 Å². The van der Waals surface area contributed by atoms with E-state index >= 15 is 0 Å². The van der Waals surface area contributed by atoms with Gasteiger partial charge in [0.15, 0.2) is 5.69 Å². The van der Waals surface area contributed by atoms with Crippen LogP contribution in [0.2, 0.25) is 15.1 Å². The zero-order chi connectivity index (χ0) is 27.5. The van der Waals surface area contributed by atoms with Crippen molar-refractivity contribution >= 4 is 40.7 Å². The van der Waals surface area contributed by atoms with E-state index in [1.54, 1.807) is 36.4 Å². The lowest BCUT2D eigenvalue weighted by Gasteiger charge is -2.26. The average Bonchev–Trinajstić information content (AvgIpc) is 3.38. The molecule has 2 aliphatic rings. The number of carbonyl (C=O) groups excluding carboxylic acids is 1. The minimum absolute atomic E-state index is 0.0379. The summed E-state index contributed by atoms with van der Waals surface area (Å²) in [6.45, 7) is 0. The lowest BCUT2D eigenvalue weighted by molar-refractivity contribution is -0.165. The summed E-state index contributed by atoms with van der Waals surface area (Å²) in [5.74, 6) is -1.34. The van der Waals surface area contributed by atoms with Gasteiger partial charge in [0, 0.05) is 21.7 Å². The van der Waals surface area contributed by atoms with Crippen LogP contribution in [0.3, 0.4) is 0 Å². The van der Waals surface area contributed by atoms with Gasteiger partial charge in [-0.2, -0.15) is 18.3 Å². The lowest BCUT2D eigenvalue weighted by Crippen LogP contribution is -2.39. The van der Waals surface area contributed by atoms with E-state index in [-0.39, 0.29) is 41.1 Å². The third-order valence-corrected chi connectivity index (χ3v) is 7.93. The first kappa shape index (κ1) is 26.2. The van der Waals surface area contributed by atoms with Crippen molar-refractivity contribution < 1.29 is 22.4 Å². The van der Waals surface area contributed by atoms with Crippen LogP contribution in [-0.4, -0.2) is 38.1 Å². The van der Waals surface area contributed by atoms with Gasteiger partial charge < -0.3 is 9.73 Å². The third kappa shape index (κ3) is 4.58. The van der Waals surface area contributed by atoms with Crippen LogP contribution >= 0.6 is 34.8 Å². The van der Waals surface area contributed by atoms with E-state index in [0.717, 1.165) is 19.3 Å². The second-order valence-corrected chi connectivity index (χ2v) is 11.0. The molecule has 2 fully saturated rings. The molecule has 6 rings (SSSR count). The Kier molecular flexibility index (Phi) is 6.39. The Balaban J connectivity index is 1.58. The largest absolute Gasteiger partial charge is 0.418 e. The Hall–Kier alpha value is -3.08. The molecule has 2 aliphatic carbocycles. The van der Waals surface area contributed by atoms with Gasteiger partial charge in [0.1, 0.15) is 5.41 Å². The molecule has 0 atom stereocenters. The summed E-state index contributed by atoms with van der Waals surface area (Å²) in [5.41, 5.74) is -0.949. The van der Waals surface area contributed by atoms with Gasteiger partial charge in [-0.25, -0.2) is 4.68 Å². The van der Waals surface area contributed by atoms with Crippen molar-refractivity contribution in [2.24, 2.45) is 0 Å². The average molecular weight is 597 g/mol. The van der Waals surface area contributed by atoms with Crippen molar-refractivity contribution in [3.8, 4) is 28.5 Å². The molecule has 2 aromatic heterocycles. The van der Waals surface area contributed by atoms with E-state index in [1.807, 2.05) is 0 Å². The highest BCUT2D eigenvalue weighted by Gasteiger charge is 2.68. The van der Waals surface area contributed by atoms with Gasteiger partial charge in [0.05, 0.1) is 22.0 Å². The lowest BCUT2D eigenvalue weighted by atomic mass is 9.92. The molecular formula is C26H19Cl3F3N5O2. The molecule has 0 saturated heterocycles. The molecule has 202 valence electrons. The fourth-order valence-corrected chi connectivity index (χ4v) is 5.17. The van der Waals surface area contributed by atoms with E-state index in [1.165, 1.54) is 10.7 Å². The minimum atomic E-state index is -4.55. The smallest absolute Gasteiger partial charge is 0.403 e. The fourth-order valence-electron chi connectivity index (χ4n) is 4.55. The molecule has 2 aromatic carbocycles. The van der Waals surface area contributed by atoms with E-state index < -0.39 is 23.4 Å². The second kappa shape index (κ2) is 9.53. The zero-order valence-corrected chi connectivity index (χ0v) is 22.3. The van der Waals surface area contributed by atoms with Gasteiger partial charge in [0.25, 0.3) is 11.8 Å². The van der Waals surface area contributed by atoms with Gasteiger partial charge in [-0.15, -0.1) is 10.2 Å². The van der Waals surface area contributed by atoms with Crippen LogP contribution in [-0.2, 0) is 5.41 Å². The first-order valence-electron chi connectivity index (χ1n) is 12.1. The molecule has 39 heavy (non-hydrogen) atoms. The number of carbonyl (C=O) groups is 1. The molecule has 0 radical (unpaired) electrons. The van der Waals surface area contributed by atoms with Crippen molar-refractivity contribution in [2.75, 3.05) is 0 Å². The van der Waals surface area contributed by atoms with Crippen molar-refractivity contribution in [3.05, 3.63) is 69.0 Å². The maximum Gasteiger partial charge on any atom is 0.403 e. The number of rotatable bonds is 6. The SMILES string of the molecule is O=C(NC1CCC1)c1c(-c2nnc(C3(C(F)(F)F)CC3)o2)nn(-c2ccc(Cl)cc2Cl)c1-c1ccc(Cl)cc1. The molecule has 7 nitrogen and oxygen atoms in total. The fraction of sp³-hybridized carbons (Fsp3) is 0.308. The van der Waals surface area contributed by atoms with Crippen LogP contribution in [0.15, 0.2) is 46.9 Å². The Morgan fingerprint density at radius 3 is 2.31 bits per heavy atom. The predicted octanol–water partition coefficient (Wildman–Crippen LogP) is 7.43. The van der Waals surface area contributed by atoms with Gasteiger partial charge in [-0.1, -0.05) is 46.9 Å². The van der Waals surface area contributed by atoms with Gasteiger partial charge >= 0.3 is 6.18 Å². The molecular weight excluding hydrogens is 578 g/mol. The van der Waals surface area contributed by atoms with Crippen molar-refractivity contribution in [1.82, 2.24) is 25.3 Å². The minimum Gasteiger partial charge on any atom is -0.418 e. The highest BCUT2D eigenvalue weighted by molar-refractivity contribution is 6.35. The maximum absolute atomic E-state index is 13.8. The van der Waals surface area contributed by atoms with Gasteiger partial charge in [-0.05, 0) is 62.4 Å². The van der Waals surface area contributed by atoms with Crippen LogP contribution in [0, 0.1) is 0 Å². The third-order valence-electron chi connectivity index (χ3n) is 7.14. The Labute approximate surface area is 235 Å². The van der Waals surface area contributed by atoms with E-state index in [9.17, 15) is 18.0 Å². The molecule has 2 saturated carbocycles. The summed E-state index contributed by atoms with van der Waals surface area (Å²) in [7, 11) is 0. The molecule has 1 amide bonds. The number of aromatic nitrogens is 4. The van der Waals surface area contributed by atoms with Crippen LogP contribution in [0.25, 0.3) is 28.5 Å². The summed E-state index contributed by atoms with van der Waals surface area (Å²) in [5, 5.41) is 16.3. The molecule has 4 aromatic rings. The summed E-state index contributed by atoms with van der Waals surface area (Å²) >= 11 is 18.8. The highest BCUT2D eigenvalue weighted by Crippen LogP contribution is 2.58. The normalized spacial score (nSPS) is 16.7. The van der Waals surface area contributed by atoms with Crippen LogP contribution in [0.4, 0.5) is 13.2 Å². The van der Waals surface area contributed by atoms with Gasteiger partial charge in [-0.3, -0.25) is 4.79 Å². The highest BCUT2D eigenvalue weighted by atomic mass is 35.5. The van der Waals surface area contributed by atoms with E-state index in [2.05, 4.69) is 20.6 Å². The predicted molar refractivity (Wildman–Crippen MR) is 139 cm³/mol. The maximum atomic E-state index is 13.8. The molecule has 0 spiro atoms. The molecule has 2 heterocycles. The van der Waals surface area contributed by atoms with Crippen molar-refractivity contribution in [2.45, 2.75) is 49.7 Å². The molecule has 1 N–H and O–H groups in total. The summed E-state index contributed by atoms with van der Waals surface area (Å²) in [6.07, 6.45) is -2.25. The summed E-state index contributed by atoms with van der Waals surface area (Å²) < 4.78 is 48.3. The molecule has 0 bridgehead atoms. The standard InChI is InChI=1S/C26H19Cl3F3N5O2/c27-14-6-4-13(5-7-14)21-19(22(38)33-16-2-1-3-16)20(36-37(21)18-9-8-15(28)12-17(18)29)23-34-35-24(39-23)25(10-11-25)26(30,31)32/h4-9,12,16H,1-3,10-11H2,(H,33,38). The van der Waals surface area contributed by atoms with Crippen molar-refractivity contribution in [3.63, 3.8) is 0 Å². The first-order chi connectivity index (χ1) is 18.6. The summed E-state index contributed by atoms with van der Waals surface area (Å²) in [6, 6.07) is 11.4. The molecule has 13 heteroatoms. The second-order valence-electron chi connectivity index (χ2n) is 9.68. The zero-order valence-electron chi connectivity index (χ0n) is 20.0. The Morgan fingerprint density at radius 1 is 1.03 bits per heavy atom. The Bertz CT molecular complexity index is 1570. The Morgan fingerprint density at radius 2 is 1.72 bits per heavy atom. The number of alkyl halides is 3. The van der Waals surface area contributed by atoms with Crippen LogP contribution in [0.5, 0.6) is 0 Å². The summed E-state index contributed by atoms with van der Waals surface area (Å²) in [4.78, 5) is 13.7. The number of nitrogens with one attached hydrogen (secondary N) is 1. The molecule has 0 unspecified atom stereocenters. The van der Waals surface area contributed by atoms with Gasteiger partial charge in [0.2, 0.25) is 5.89 Å². The number of hydrogen-bond acceptors (Lipinski definition) is 5. The first-order valence-corrected chi connectivity index (χ1v) is 13.3. The number of halogens is 6. The molecule has 0 aliphatic heterocycles. The van der Waals surface area contributed by atoms with E-state index in [0.29, 0.717) is 27.0 Å². The monoisotopic (exact) mass is 595 g/mol. The number of nitrogens with zero attached hydrogens (tertiary/aromatic N) is 4. The topological polar surface area (TPSA) is 85.8 Å². The van der Waals surface area contributed by atoms with Crippen molar-refractivity contribution in [1.29, 1.82) is 0 Å². The quantitative estimate of drug-likeness (QED) is 0.250. The van der Waals surface area contributed by atoms with Crippen LogP contribution in [0.1, 0.15) is 48.4 Å². The number of hydrogen-bond donors (Lipinski definition) is 1. The number of amides is 1. The van der Waals surface area contributed by atoms with E-state index in [4.69, 9.17) is 39.2 Å².